The molecule has 0 aliphatic carbocycles. The van der Waals surface area contributed by atoms with Crippen LogP contribution in [0.3, 0.4) is 0 Å². The Morgan fingerprint density at radius 1 is 1.07 bits per heavy atom. The number of hydrogen-bond acceptors (Lipinski definition) is 4. The maximum atomic E-state index is 12.9. The number of nitrogens with zero attached hydrogens (tertiary/aromatic N) is 1. The van der Waals surface area contributed by atoms with Gasteiger partial charge in [0.05, 0.1) is 30.0 Å². The van der Waals surface area contributed by atoms with Crippen LogP contribution in [-0.4, -0.2) is 48.8 Å². The zero-order valence-electron chi connectivity index (χ0n) is 15.0. The van der Waals surface area contributed by atoms with Crippen LogP contribution in [0.5, 0.6) is 0 Å². The van der Waals surface area contributed by atoms with Gasteiger partial charge in [0.2, 0.25) is 0 Å². The number of thioether (sulfide) groups is 1. The number of carbonyl (C=O) groups is 2. The molecule has 0 radical (unpaired) electrons. The topological polar surface area (TPSA) is 58.6 Å². The summed E-state index contributed by atoms with van der Waals surface area (Å²) in [6, 6.07) is 14.5. The smallest absolute Gasteiger partial charge is 0.256 e. The van der Waals surface area contributed by atoms with Gasteiger partial charge in [-0.1, -0.05) is 30.3 Å². The molecule has 0 spiro atoms. The van der Waals surface area contributed by atoms with E-state index in [4.69, 9.17) is 4.74 Å². The van der Waals surface area contributed by atoms with Gasteiger partial charge in [0.1, 0.15) is 0 Å². The van der Waals surface area contributed by atoms with E-state index in [-0.39, 0.29) is 11.8 Å². The molecule has 0 saturated carbocycles. The Morgan fingerprint density at radius 3 is 2.48 bits per heavy atom. The average Bonchev–Trinajstić information content (AvgIpc) is 2.73. The minimum Gasteiger partial charge on any atom is -0.378 e. The highest BCUT2D eigenvalue weighted by Crippen LogP contribution is 2.25. The third-order valence-corrected chi connectivity index (χ3v) is 5.26. The Hall–Kier alpha value is -2.57. The van der Waals surface area contributed by atoms with Gasteiger partial charge in [0.15, 0.2) is 0 Å². The Labute approximate surface area is 163 Å². The van der Waals surface area contributed by atoms with E-state index in [9.17, 15) is 9.59 Å². The number of benzene rings is 2. The summed E-state index contributed by atoms with van der Waals surface area (Å²) in [5.41, 5.74) is 1.59. The van der Waals surface area contributed by atoms with Crippen molar-refractivity contribution in [1.29, 1.82) is 0 Å². The largest absolute Gasteiger partial charge is 0.378 e. The van der Waals surface area contributed by atoms with Crippen molar-refractivity contribution < 1.29 is 14.3 Å². The lowest BCUT2D eigenvalue weighted by molar-refractivity contribution is 0.0303. The van der Waals surface area contributed by atoms with Gasteiger partial charge in [-0.3, -0.25) is 9.59 Å². The highest BCUT2D eigenvalue weighted by atomic mass is 32.2. The van der Waals surface area contributed by atoms with E-state index in [0.717, 1.165) is 10.6 Å². The van der Waals surface area contributed by atoms with Gasteiger partial charge in [0, 0.05) is 23.7 Å². The number of amides is 2. The number of nitrogens with one attached hydrogen (secondary N) is 1. The van der Waals surface area contributed by atoms with Crippen LogP contribution in [0, 0.1) is 0 Å². The van der Waals surface area contributed by atoms with Crippen LogP contribution < -0.4 is 5.32 Å². The third kappa shape index (κ3) is 4.78. The Bertz CT molecular complexity index is 832. The Kier molecular flexibility index (Phi) is 6.68. The van der Waals surface area contributed by atoms with E-state index in [2.05, 4.69) is 11.9 Å². The maximum Gasteiger partial charge on any atom is 0.256 e. The maximum absolute atomic E-state index is 12.9. The van der Waals surface area contributed by atoms with Crippen LogP contribution in [0.25, 0.3) is 0 Å². The Morgan fingerprint density at radius 2 is 1.74 bits per heavy atom. The van der Waals surface area contributed by atoms with E-state index in [1.165, 1.54) is 0 Å². The van der Waals surface area contributed by atoms with Gasteiger partial charge >= 0.3 is 0 Å². The fourth-order valence-corrected chi connectivity index (χ4v) is 3.62. The monoisotopic (exact) mass is 382 g/mol. The van der Waals surface area contributed by atoms with Gasteiger partial charge in [-0.25, -0.2) is 0 Å². The highest BCUT2D eigenvalue weighted by Gasteiger charge is 2.22. The van der Waals surface area contributed by atoms with Crippen LogP contribution in [0.1, 0.15) is 20.7 Å². The van der Waals surface area contributed by atoms with Crippen LogP contribution >= 0.6 is 11.8 Å². The number of morpholine rings is 1. The molecule has 0 bridgehead atoms. The molecular formula is C21H22N2O3S. The highest BCUT2D eigenvalue weighted by molar-refractivity contribution is 7.99. The number of rotatable bonds is 6. The summed E-state index contributed by atoms with van der Waals surface area (Å²) in [5.74, 6) is 0.393. The van der Waals surface area contributed by atoms with E-state index < -0.39 is 0 Å². The number of hydrogen-bond donors (Lipinski definition) is 1. The summed E-state index contributed by atoms with van der Waals surface area (Å²) >= 11 is 1.55. The third-order valence-electron chi connectivity index (χ3n) is 4.19. The van der Waals surface area contributed by atoms with E-state index in [0.29, 0.717) is 43.1 Å². The van der Waals surface area contributed by atoms with Gasteiger partial charge in [-0.2, -0.15) is 0 Å². The summed E-state index contributed by atoms with van der Waals surface area (Å²) in [7, 11) is 0. The molecule has 2 aromatic carbocycles. The second-order valence-corrected chi connectivity index (χ2v) is 7.06. The molecule has 0 aromatic heterocycles. The van der Waals surface area contributed by atoms with Crippen molar-refractivity contribution in [3.63, 3.8) is 0 Å². The molecule has 5 nitrogen and oxygen atoms in total. The molecule has 0 atom stereocenters. The second-order valence-electron chi connectivity index (χ2n) is 6.00. The molecule has 140 valence electrons. The molecule has 1 aliphatic rings. The van der Waals surface area contributed by atoms with Crippen LogP contribution in [0.4, 0.5) is 5.69 Å². The molecule has 3 rings (SSSR count). The first-order chi connectivity index (χ1) is 13.2. The van der Waals surface area contributed by atoms with Gasteiger partial charge < -0.3 is 15.0 Å². The Balaban J connectivity index is 1.81. The number of para-hydroxylation sites is 1. The zero-order chi connectivity index (χ0) is 19.1. The SMILES string of the molecule is C=CCSc1ccccc1C(=O)Nc1ccccc1C(=O)N1CCOCC1. The van der Waals surface area contributed by atoms with Crippen molar-refractivity contribution in [2.45, 2.75) is 4.90 Å². The van der Waals surface area contributed by atoms with Gasteiger partial charge in [-0.05, 0) is 24.3 Å². The van der Waals surface area contributed by atoms with Crippen molar-refractivity contribution in [2.75, 3.05) is 37.4 Å². The van der Waals surface area contributed by atoms with Crippen LogP contribution in [-0.2, 0) is 4.74 Å². The lowest BCUT2D eigenvalue weighted by Crippen LogP contribution is -2.41. The summed E-state index contributed by atoms with van der Waals surface area (Å²) in [4.78, 5) is 28.3. The van der Waals surface area contributed by atoms with Crippen molar-refractivity contribution in [3.05, 3.63) is 72.3 Å². The fourth-order valence-electron chi connectivity index (χ4n) is 2.83. The van der Waals surface area contributed by atoms with Crippen molar-refractivity contribution in [2.24, 2.45) is 0 Å². The molecule has 2 amide bonds. The summed E-state index contributed by atoms with van der Waals surface area (Å²) in [6.07, 6.45) is 1.80. The molecule has 0 unspecified atom stereocenters. The molecule has 6 heteroatoms. The summed E-state index contributed by atoms with van der Waals surface area (Å²) in [6.45, 7) is 5.91. The molecule has 1 aliphatic heterocycles. The zero-order valence-corrected chi connectivity index (χ0v) is 15.8. The number of carbonyl (C=O) groups excluding carboxylic acids is 2. The molecular weight excluding hydrogens is 360 g/mol. The van der Waals surface area contributed by atoms with Crippen LogP contribution in [0.15, 0.2) is 66.1 Å². The van der Waals surface area contributed by atoms with E-state index in [1.54, 1.807) is 47.0 Å². The summed E-state index contributed by atoms with van der Waals surface area (Å²) in [5, 5.41) is 2.91. The average molecular weight is 382 g/mol. The minimum absolute atomic E-state index is 0.0940. The first-order valence-corrected chi connectivity index (χ1v) is 9.79. The molecule has 1 fully saturated rings. The molecule has 1 saturated heterocycles. The number of anilines is 1. The summed E-state index contributed by atoms with van der Waals surface area (Å²) < 4.78 is 5.31. The quantitative estimate of drug-likeness (QED) is 0.611. The lowest BCUT2D eigenvalue weighted by Gasteiger charge is -2.27. The van der Waals surface area contributed by atoms with E-state index >= 15 is 0 Å². The predicted molar refractivity (Wildman–Crippen MR) is 108 cm³/mol. The van der Waals surface area contributed by atoms with Gasteiger partial charge in [-0.15, -0.1) is 18.3 Å². The molecule has 1 heterocycles. The second kappa shape index (κ2) is 9.39. The van der Waals surface area contributed by atoms with Crippen molar-refractivity contribution in [3.8, 4) is 0 Å². The molecule has 2 aromatic rings. The number of ether oxygens (including phenoxy) is 1. The predicted octanol–water partition coefficient (Wildman–Crippen LogP) is 3.69. The van der Waals surface area contributed by atoms with E-state index in [1.807, 2.05) is 24.3 Å². The van der Waals surface area contributed by atoms with Crippen LogP contribution in [0.2, 0.25) is 0 Å². The van der Waals surface area contributed by atoms with Crippen molar-refractivity contribution in [1.82, 2.24) is 4.90 Å². The standard InChI is InChI=1S/C21H22N2O3S/c1-2-15-27-19-10-6-4-8-17(19)20(24)22-18-9-5-3-7-16(18)21(25)23-11-13-26-14-12-23/h2-10H,1,11-15H2,(H,22,24). The lowest BCUT2D eigenvalue weighted by atomic mass is 10.1. The first-order valence-electron chi connectivity index (χ1n) is 8.81. The normalized spacial score (nSPS) is 13.9. The first kappa shape index (κ1) is 19.2. The minimum atomic E-state index is -0.232. The van der Waals surface area contributed by atoms with Crippen molar-refractivity contribution >= 4 is 29.3 Å². The van der Waals surface area contributed by atoms with Gasteiger partial charge in [0.25, 0.3) is 11.8 Å². The molecule has 27 heavy (non-hydrogen) atoms. The molecule has 1 N–H and O–H groups in total. The fraction of sp³-hybridized carbons (Fsp3) is 0.238.